The van der Waals surface area contributed by atoms with E-state index in [2.05, 4.69) is 4.90 Å². The normalized spacial score (nSPS) is 17.2. The van der Waals surface area contributed by atoms with Gasteiger partial charge in [0.2, 0.25) is 0 Å². The van der Waals surface area contributed by atoms with Crippen LogP contribution in [0.25, 0.3) is 0 Å². The Morgan fingerprint density at radius 2 is 2.00 bits per heavy atom. The van der Waals surface area contributed by atoms with E-state index < -0.39 is 0 Å². The molecule has 0 saturated carbocycles. The molecule has 0 radical (unpaired) electrons. The third-order valence-corrected chi connectivity index (χ3v) is 3.21. The van der Waals surface area contributed by atoms with Crippen molar-refractivity contribution in [3.63, 3.8) is 0 Å². The van der Waals surface area contributed by atoms with Gasteiger partial charge in [-0.2, -0.15) is 0 Å². The summed E-state index contributed by atoms with van der Waals surface area (Å²) in [5.41, 5.74) is 7.88. The van der Waals surface area contributed by atoms with Crippen LogP contribution in [-0.2, 0) is 0 Å². The fourth-order valence-electron chi connectivity index (χ4n) is 2.27. The van der Waals surface area contributed by atoms with Crippen molar-refractivity contribution in [1.82, 2.24) is 0 Å². The fourth-order valence-corrected chi connectivity index (χ4v) is 2.27. The number of hydrogen-bond acceptors (Lipinski definition) is 4. The average Bonchev–Trinajstić information content (AvgIpc) is 2.33. The Kier molecular flexibility index (Phi) is 3.97. The van der Waals surface area contributed by atoms with E-state index in [1.165, 1.54) is 0 Å². The number of ether oxygens (including phenoxy) is 1. The van der Waals surface area contributed by atoms with Crippen molar-refractivity contribution in [2.75, 3.05) is 23.7 Å². The van der Waals surface area contributed by atoms with Gasteiger partial charge in [-0.15, -0.1) is 0 Å². The largest absolute Gasteiger partial charge is 0.489 e. The predicted molar refractivity (Wildman–Crippen MR) is 74.1 cm³/mol. The predicted octanol–water partition coefficient (Wildman–Crippen LogP) is 2.02. The Labute approximate surface area is 108 Å². The molecule has 0 aliphatic carbocycles. The highest BCUT2D eigenvalue weighted by Gasteiger charge is 2.20. The highest BCUT2D eigenvalue weighted by Crippen LogP contribution is 2.34. The zero-order valence-electron chi connectivity index (χ0n) is 11.1. The Hall–Kier alpha value is -1.42. The quantitative estimate of drug-likeness (QED) is 0.806. The molecule has 0 unspecified atom stereocenters. The summed E-state index contributed by atoms with van der Waals surface area (Å²) in [6, 6.07) is 5.88. The highest BCUT2D eigenvalue weighted by molar-refractivity contribution is 5.74. The summed E-state index contributed by atoms with van der Waals surface area (Å²) in [7, 11) is 0. The summed E-state index contributed by atoms with van der Waals surface area (Å²) < 4.78 is 5.70. The first-order valence-corrected chi connectivity index (χ1v) is 6.56. The first kappa shape index (κ1) is 13.0. The van der Waals surface area contributed by atoms with Crippen LogP contribution in [0.1, 0.15) is 26.7 Å². The molecule has 0 spiro atoms. The third-order valence-electron chi connectivity index (χ3n) is 3.21. The van der Waals surface area contributed by atoms with Crippen LogP contribution in [-0.4, -0.2) is 30.4 Å². The number of nitrogens with two attached hydrogens (primary N) is 1. The molecule has 3 N–H and O–H groups in total. The molecule has 1 aromatic rings. The van der Waals surface area contributed by atoms with Gasteiger partial charge in [0.05, 0.1) is 23.6 Å². The van der Waals surface area contributed by atoms with Crippen molar-refractivity contribution in [3.8, 4) is 5.75 Å². The molecule has 1 aliphatic heterocycles. The molecule has 4 nitrogen and oxygen atoms in total. The summed E-state index contributed by atoms with van der Waals surface area (Å²) in [6.07, 6.45) is 1.55. The lowest BCUT2D eigenvalue weighted by Gasteiger charge is -2.32. The van der Waals surface area contributed by atoms with E-state index in [-0.39, 0.29) is 12.2 Å². The molecule has 1 aliphatic rings. The average molecular weight is 250 g/mol. The number of nitrogen functional groups attached to an aromatic ring is 1. The van der Waals surface area contributed by atoms with Crippen molar-refractivity contribution < 1.29 is 9.84 Å². The van der Waals surface area contributed by atoms with E-state index in [1.54, 1.807) is 0 Å². The lowest BCUT2D eigenvalue weighted by molar-refractivity contribution is 0.145. The van der Waals surface area contributed by atoms with Crippen molar-refractivity contribution in [1.29, 1.82) is 0 Å². The van der Waals surface area contributed by atoms with Crippen LogP contribution in [0.4, 0.5) is 11.4 Å². The molecular weight excluding hydrogens is 228 g/mol. The first-order chi connectivity index (χ1) is 8.58. The minimum atomic E-state index is -0.169. The summed E-state index contributed by atoms with van der Waals surface area (Å²) >= 11 is 0. The number of anilines is 2. The summed E-state index contributed by atoms with van der Waals surface area (Å²) in [5, 5.41) is 9.53. The molecule has 0 aromatic heterocycles. The van der Waals surface area contributed by atoms with Gasteiger partial charge >= 0.3 is 0 Å². The van der Waals surface area contributed by atoms with Gasteiger partial charge in [0.1, 0.15) is 5.75 Å². The molecular formula is C14H22N2O2. The van der Waals surface area contributed by atoms with Gasteiger partial charge in [0.25, 0.3) is 0 Å². The van der Waals surface area contributed by atoms with E-state index in [4.69, 9.17) is 10.5 Å². The highest BCUT2D eigenvalue weighted by atomic mass is 16.5. The van der Waals surface area contributed by atoms with Gasteiger partial charge < -0.3 is 20.5 Å². The van der Waals surface area contributed by atoms with Crippen molar-refractivity contribution in [2.24, 2.45) is 0 Å². The topological polar surface area (TPSA) is 58.7 Å². The van der Waals surface area contributed by atoms with Crippen LogP contribution in [0.5, 0.6) is 5.75 Å². The van der Waals surface area contributed by atoms with Crippen molar-refractivity contribution in [2.45, 2.75) is 38.9 Å². The van der Waals surface area contributed by atoms with Crippen LogP contribution in [0.2, 0.25) is 0 Å². The SMILES string of the molecule is CC(C)Oc1cccc(N2CCC(O)CC2)c1N. The molecule has 1 fully saturated rings. The maximum absolute atomic E-state index is 9.53. The van der Waals surface area contributed by atoms with Crippen LogP contribution < -0.4 is 15.4 Å². The lowest BCUT2D eigenvalue weighted by atomic mass is 10.1. The smallest absolute Gasteiger partial charge is 0.144 e. The number of para-hydroxylation sites is 1. The summed E-state index contributed by atoms with van der Waals surface area (Å²) in [5.74, 6) is 0.744. The van der Waals surface area contributed by atoms with Crippen LogP contribution >= 0.6 is 0 Å². The number of nitrogens with zero attached hydrogens (tertiary/aromatic N) is 1. The van der Waals surface area contributed by atoms with Crippen LogP contribution in [0.15, 0.2) is 18.2 Å². The minimum Gasteiger partial charge on any atom is -0.489 e. The molecule has 0 atom stereocenters. The molecule has 0 bridgehead atoms. The summed E-state index contributed by atoms with van der Waals surface area (Å²) in [6.45, 7) is 5.67. The molecule has 1 saturated heterocycles. The van der Waals surface area contributed by atoms with Crippen molar-refractivity contribution in [3.05, 3.63) is 18.2 Å². The second kappa shape index (κ2) is 5.48. The maximum atomic E-state index is 9.53. The Morgan fingerprint density at radius 1 is 1.33 bits per heavy atom. The Balaban J connectivity index is 2.17. The number of hydrogen-bond donors (Lipinski definition) is 2. The molecule has 1 heterocycles. The fraction of sp³-hybridized carbons (Fsp3) is 0.571. The number of aliphatic hydroxyl groups excluding tert-OH is 1. The van der Waals surface area contributed by atoms with Crippen LogP contribution in [0, 0.1) is 0 Å². The number of aliphatic hydroxyl groups is 1. The van der Waals surface area contributed by atoms with Gasteiger partial charge in [-0.3, -0.25) is 0 Å². The maximum Gasteiger partial charge on any atom is 0.144 e. The second-order valence-corrected chi connectivity index (χ2v) is 5.07. The van der Waals surface area contributed by atoms with Gasteiger partial charge in [0, 0.05) is 13.1 Å². The Morgan fingerprint density at radius 3 is 2.61 bits per heavy atom. The van der Waals surface area contributed by atoms with Gasteiger partial charge in [-0.25, -0.2) is 0 Å². The number of benzene rings is 1. The molecule has 2 rings (SSSR count). The molecule has 4 heteroatoms. The summed E-state index contributed by atoms with van der Waals surface area (Å²) in [4.78, 5) is 2.22. The van der Waals surface area contributed by atoms with Gasteiger partial charge in [-0.1, -0.05) is 6.07 Å². The standard InChI is InChI=1S/C14H22N2O2/c1-10(2)18-13-5-3-4-12(14(13)15)16-8-6-11(17)7-9-16/h3-5,10-11,17H,6-9,15H2,1-2H3. The van der Waals surface area contributed by atoms with Crippen molar-refractivity contribution >= 4 is 11.4 Å². The van der Waals surface area contributed by atoms with E-state index in [0.717, 1.165) is 37.4 Å². The molecule has 100 valence electrons. The van der Waals surface area contributed by atoms with E-state index >= 15 is 0 Å². The first-order valence-electron chi connectivity index (χ1n) is 6.56. The second-order valence-electron chi connectivity index (χ2n) is 5.07. The van der Waals surface area contributed by atoms with Gasteiger partial charge in [-0.05, 0) is 38.8 Å². The van der Waals surface area contributed by atoms with E-state index in [1.807, 2.05) is 32.0 Å². The number of piperidine rings is 1. The zero-order valence-corrected chi connectivity index (χ0v) is 11.1. The zero-order chi connectivity index (χ0) is 13.1. The van der Waals surface area contributed by atoms with E-state index in [0.29, 0.717) is 5.69 Å². The minimum absolute atomic E-state index is 0.116. The molecule has 0 amide bonds. The lowest BCUT2D eigenvalue weighted by Crippen LogP contribution is -2.36. The van der Waals surface area contributed by atoms with E-state index in [9.17, 15) is 5.11 Å². The molecule has 1 aromatic carbocycles. The number of rotatable bonds is 3. The molecule has 18 heavy (non-hydrogen) atoms. The monoisotopic (exact) mass is 250 g/mol. The van der Waals surface area contributed by atoms with Gasteiger partial charge in [0.15, 0.2) is 0 Å². The Bertz CT molecular complexity index is 399. The third kappa shape index (κ3) is 2.88. The van der Waals surface area contributed by atoms with Crippen LogP contribution in [0.3, 0.4) is 0 Å².